The molecule has 1 N–H and O–H groups in total. The molecule has 3 rings (SSSR count). The molecular weight excluding hydrogens is 395 g/mol. The van der Waals surface area contributed by atoms with Crippen LogP contribution in [0.15, 0.2) is 69.2 Å². The maximum Gasteiger partial charge on any atom is 0.207 e. The first-order valence-corrected chi connectivity index (χ1v) is 9.94. The number of aryl methyl sites for hydroxylation is 1. The Labute approximate surface area is 176 Å². The maximum absolute atomic E-state index is 9.88. The highest BCUT2D eigenvalue weighted by molar-refractivity contribution is 6.42. The number of hydrogen-bond acceptors (Lipinski definition) is 3. The Morgan fingerprint density at radius 3 is 2.54 bits per heavy atom. The zero-order chi connectivity index (χ0) is 20.8. The number of allylic oxidation sites excluding steroid dienone is 6. The molecular formula is C22H26Cl2N2O2. The van der Waals surface area contributed by atoms with Gasteiger partial charge in [0.1, 0.15) is 11.5 Å². The van der Waals surface area contributed by atoms with Crippen molar-refractivity contribution in [3.8, 4) is 0 Å². The van der Waals surface area contributed by atoms with Crippen molar-refractivity contribution in [3.05, 3.63) is 81.7 Å². The molecule has 1 amide bonds. The van der Waals surface area contributed by atoms with E-state index in [0.717, 1.165) is 30.6 Å². The first-order valence-electron chi connectivity index (χ1n) is 9.18. The van der Waals surface area contributed by atoms with Gasteiger partial charge in [-0.1, -0.05) is 84.7 Å². The zero-order valence-electron chi connectivity index (χ0n) is 16.4. The lowest BCUT2D eigenvalue weighted by Crippen LogP contribution is -2.14. The Bertz CT molecular complexity index is 809. The Hall–Kier alpha value is -2.30. The number of nitrogens with zero attached hydrogens (tertiary/aromatic N) is 1. The molecule has 0 aliphatic heterocycles. The minimum absolute atomic E-state index is 0.585. The highest BCUT2D eigenvalue weighted by atomic mass is 35.5. The van der Waals surface area contributed by atoms with E-state index in [-0.39, 0.29) is 0 Å². The van der Waals surface area contributed by atoms with Crippen molar-refractivity contribution in [2.45, 2.75) is 33.6 Å². The molecule has 28 heavy (non-hydrogen) atoms. The lowest BCUT2D eigenvalue weighted by Gasteiger charge is -2.01. The van der Waals surface area contributed by atoms with Gasteiger partial charge >= 0.3 is 0 Å². The number of carbonyl (C=O) groups excluding carboxylic acids is 1. The largest absolute Gasteiger partial charge is 0.361 e. The van der Waals surface area contributed by atoms with Crippen LogP contribution in [0, 0.1) is 6.92 Å². The van der Waals surface area contributed by atoms with Crippen LogP contribution in [0.3, 0.4) is 0 Å². The molecule has 0 saturated carbocycles. The van der Waals surface area contributed by atoms with Crippen molar-refractivity contribution in [3.63, 3.8) is 0 Å². The van der Waals surface area contributed by atoms with Gasteiger partial charge in [0.05, 0.1) is 5.03 Å². The van der Waals surface area contributed by atoms with E-state index in [9.17, 15) is 4.79 Å². The third-order valence-corrected chi connectivity index (χ3v) is 4.20. The summed E-state index contributed by atoms with van der Waals surface area (Å²) in [7, 11) is 0. The number of amides is 1. The molecule has 2 aromatic rings. The fourth-order valence-electron chi connectivity index (χ4n) is 2.29. The second-order valence-electron chi connectivity index (χ2n) is 5.54. The summed E-state index contributed by atoms with van der Waals surface area (Å²) < 4.78 is 5.00. The number of carbonyl (C=O) groups is 1. The van der Waals surface area contributed by atoms with Gasteiger partial charge < -0.3 is 9.84 Å². The lowest BCUT2D eigenvalue weighted by atomic mass is 10.1. The van der Waals surface area contributed by atoms with Crippen LogP contribution in [0.2, 0.25) is 0 Å². The molecule has 4 nitrogen and oxygen atoms in total. The highest BCUT2D eigenvalue weighted by Gasteiger charge is 2.15. The monoisotopic (exact) mass is 420 g/mol. The first kappa shape index (κ1) is 23.7. The van der Waals surface area contributed by atoms with Crippen molar-refractivity contribution < 1.29 is 9.32 Å². The standard InChI is InChI=1S/C11H9Cl2NO.C9H11NO.C2H6/c1-7-6-10(14-15-7)11-8(12)4-2-3-5-9(11)13;11-8-10-7-6-9-4-2-1-3-5-9;1-2/h2,4-6H,3H2,1H3;1-5,8H,6-7H2,(H,10,11);1-2H3. The molecule has 0 fully saturated rings. The Morgan fingerprint density at radius 2 is 1.93 bits per heavy atom. The summed E-state index contributed by atoms with van der Waals surface area (Å²) in [5.74, 6) is 0.736. The van der Waals surface area contributed by atoms with Crippen LogP contribution in [0.4, 0.5) is 0 Å². The quantitative estimate of drug-likeness (QED) is 0.475. The molecule has 150 valence electrons. The zero-order valence-corrected chi connectivity index (χ0v) is 17.9. The number of rotatable bonds is 5. The maximum atomic E-state index is 9.88. The van der Waals surface area contributed by atoms with Crippen molar-refractivity contribution >= 4 is 35.2 Å². The molecule has 0 radical (unpaired) electrons. The van der Waals surface area contributed by atoms with E-state index in [1.807, 2.05) is 75.4 Å². The molecule has 1 aliphatic carbocycles. The molecule has 1 aromatic carbocycles. The van der Waals surface area contributed by atoms with Crippen LogP contribution in [0.5, 0.6) is 0 Å². The van der Waals surface area contributed by atoms with Crippen molar-refractivity contribution in [2.24, 2.45) is 0 Å². The van der Waals surface area contributed by atoms with Crippen LogP contribution in [-0.2, 0) is 11.2 Å². The van der Waals surface area contributed by atoms with Crippen LogP contribution in [-0.4, -0.2) is 18.1 Å². The van der Waals surface area contributed by atoms with E-state index in [2.05, 4.69) is 10.5 Å². The van der Waals surface area contributed by atoms with E-state index in [0.29, 0.717) is 22.3 Å². The number of aromatic nitrogens is 1. The van der Waals surface area contributed by atoms with Crippen molar-refractivity contribution in [1.82, 2.24) is 10.5 Å². The summed E-state index contributed by atoms with van der Waals surface area (Å²) in [5, 5.41) is 7.72. The van der Waals surface area contributed by atoms with Gasteiger partial charge in [0.25, 0.3) is 0 Å². The summed E-state index contributed by atoms with van der Waals surface area (Å²) in [6, 6.07) is 11.9. The van der Waals surface area contributed by atoms with Crippen LogP contribution >= 0.6 is 23.2 Å². The summed E-state index contributed by atoms with van der Waals surface area (Å²) in [6.07, 6.45) is 8.07. The van der Waals surface area contributed by atoms with Crippen molar-refractivity contribution in [1.29, 1.82) is 0 Å². The van der Waals surface area contributed by atoms with Crippen LogP contribution < -0.4 is 5.32 Å². The van der Waals surface area contributed by atoms with E-state index in [4.69, 9.17) is 27.7 Å². The second-order valence-corrected chi connectivity index (χ2v) is 6.36. The van der Waals surface area contributed by atoms with Gasteiger partial charge in [-0.3, -0.25) is 4.79 Å². The van der Waals surface area contributed by atoms with Gasteiger partial charge in [0, 0.05) is 23.2 Å². The summed E-state index contributed by atoms with van der Waals surface area (Å²) >= 11 is 12.2. The summed E-state index contributed by atoms with van der Waals surface area (Å²) in [5.41, 5.74) is 2.65. The average molecular weight is 421 g/mol. The predicted molar refractivity (Wildman–Crippen MR) is 117 cm³/mol. The van der Waals surface area contributed by atoms with Crippen LogP contribution in [0.1, 0.15) is 37.3 Å². The molecule has 1 heterocycles. The third-order valence-electron chi connectivity index (χ3n) is 3.54. The minimum Gasteiger partial charge on any atom is -0.361 e. The average Bonchev–Trinajstić information content (AvgIpc) is 3.06. The Balaban J connectivity index is 0.000000268. The fourth-order valence-corrected chi connectivity index (χ4v) is 2.92. The smallest absolute Gasteiger partial charge is 0.207 e. The van der Waals surface area contributed by atoms with Gasteiger partial charge in [0.15, 0.2) is 0 Å². The molecule has 1 aliphatic rings. The number of benzene rings is 1. The topological polar surface area (TPSA) is 55.1 Å². The number of nitrogens with one attached hydrogen (secondary N) is 1. The second kappa shape index (κ2) is 13.8. The molecule has 0 unspecified atom stereocenters. The van der Waals surface area contributed by atoms with Crippen LogP contribution in [0.25, 0.3) is 5.57 Å². The molecule has 1 aromatic heterocycles. The Kier molecular flexibility index (Phi) is 11.7. The SMILES string of the molecule is CC.Cc1cc(C2=C(Cl)C=CCC=C2Cl)no1.O=CNCCc1ccccc1. The number of halogens is 2. The van der Waals surface area contributed by atoms with Gasteiger partial charge in [-0.2, -0.15) is 0 Å². The van der Waals surface area contributed by atoms with Crippen molar-refractivity contribution in [2.75, 3.05) is 6.54 Å². The normalized spacial score (nSPS) is 12.7. The fraction of sp³-hybridized carbons (Fsp3) is 0.273. The first-order chi connectivity index (χ1) is 13.6. The molecule has 0 spiro atoms. The molecule has 0 bridgehead atoms. The molecule has 0 saturated heterocycles. The van der Waals surface area contributed by atoms with Gasteiger partial charge in [-0.15, -0.1) is 0 Å². The number of hydrogen-bond donors (Lipinski definition) is 1. The van der Waals surface area contributed by atoms with Gasteiger partial charge in [0.2, 0.25) is 6.41 Å². The predicted octanol–water partition coefficient (Wildman–Crippen LogP) is 6.02. The van der Waals surface area contributed by atoms with E-state index in [1.165, 1.54) is 5.56 Å². The van der Waals surface area contributed by atoms with E-state index >= 15 is 0 Å². The Morgan fingerprint density at radius 1 is 1.21 bits per heavy atom. The highest BCUT2D eigenvalue weighted by Crippen LogP contribution is 2.33. The minimum atomic E-state index is 0.585. The molecule has 0 atom stereocenters. The molecule has 6 heteroatoms. The van der Waals surface area contributed by atoms with Gasteiger partial charge in [-0.05, 0) is 31.4 Å². The van der Waals surface area contributed by atoms with E-state index < -0.39 is 0 Å². The summed E-state index contributed by atoms with van der Waals surface area (Å²) in [4.78, 5) is 9.88. The third kappa shape index (κ3) is 8.15. The summed E-state index contributed by atoms with van der Waals surface area (Å²) in [6.45, 7) is 6.54. The van der Waals surface area contributed by atoms with Gasteiger partial charge in [-0.25, -0.2) is 0 Å². The van der Waals surface area contributed by atoms with E-state index in [1.54, 1.807) is 0 Å². The lowest BCUT2D eigenvalue weighted by molar-refractivity contribution is -0.109.